The van der Waals surface area contributed by atoms with Gasteiger partial charge in [0.1, 0.15) is 10.8 Å². The van der Waals surface area contributed by atoms with Gasteiger partial charge in [0.05, 0.1) is 22.5 Å². The fourth-order valence-electron chi connectivity index (χ4n) is 2.52. The van der Waals surface area contributed by atoms with Gasteiger partial charge in [0.25, 0.3) is 0 Å². The number of pyridine rings is 1. The molecule has 0 saturated carbocycles. The number of hydrogen-bond acceptors (Lipinski definition) is 3. The van der Waals surface area contributed by atoms with Gasteiger partial charge in [0.15, 0.2) is 0 Å². The lowest BCUT2D eigenvalue weighted by atomic mass is 10.1. The quantitative estimate of drug-likeness (QED) is 0.543. The summed E-state index contributed by atoms with van der Waals surface area (Å²) in [6.45, 7) is 1.99. The van der Waals surface area contributed by atoms with Crippen molar-refractivity contribution in [1.82, 2.24) is 14.6 Å². The molecule has 3 heterocycles. The summed E-state index contributed by atoms with van der Waals surface area (Å²) in [5, 5.41) is 7.44. The molecule has 4 rings (SSSR count). The molecule has 0 aliphatic heterocycles. The minimum Gasteiger partial charge on any atom is -0.240 e. The van der Waals surface area contributed by atoms with Crippen LogP contribution in [0.1, 0.15) is 5.69 Å². The topological polar surface area (TPSA) is 30.2 Å². The zero-order valence-corrected chi connectivity index (χ0v) is 12.6. The van der Waals surface area contributed by atoms with Gasteiger partial charge in [-0.15, -0.1) is 11.3 Å². The number of halogens is 1. The highest BCUT2D eigenvalue weighted by molar-refractivity contribution is 7.13. The van der Waals surface area contributed by atoms with Crippen molar-refractivity contribution in [1.29, 1.82) is 0 Å². The van der Waals surface area contributed by atoms with E-state index in [0.717, 1.165) is 33.0 Å². The van der Waals surface area contributed by atoms with Crippen molar-refractivity contribution >= 4 is 16.9 Å². The molecule has 0 amide bonds. The van der Waals surface area contributed by atoms with Crippen LogP contribution in [-0.2, 0) is 0 Å². The van der Waals surface area contributed by atoms with E-state index in [1.807, 2.05) is 41.2 Å². The van der Waals surface area contributed by atoms with E-state index < -0.39 is 0 Å². The Labute approximate surface area is 130 Å². The zero-order valence-electron chi connectivity index (χ0n) is 11.8. The van der Waals surface area contributed by atoms with Crippen LogP contribution in [0.15, 0.2) is 54.0 Å². The predicted molar refractivity (Wildman–Crippen MR) is 86.4 cm³/mol. The van der Waals surface area contributed by atoms with Crippen LogP contribution in [0, 0.1) is 12.7 Å². The molecule has 0 unspecified atom stereocenters. The summed E-state index contributed by atoms with van der Waals surface area (Å²) in [4.78, 5) is 4.71. The van der Waals surface area contributed by atoms with Gasteiger partial charge in [-0.25, -0.2) is 13.9 Å². The predicted octanol–water partition coefficient (Wildman–Crippen LogP) is 4.57. The third kappa shape index (κ3) is 2.10. The first-order valence-corrected chi connectivity index (χ1v) is 7.76. The van der Waals surface area contributed by atoms with Crippen LogP contribution in [0.2, 0.25) is 0 Å². The number of nitrogens with zero attached hydrogens (tertiary/aromatic N) is 3. The van der Waals surface area contributed by atoms with Gasteiger partial charge in [-0.05, 0) is 43.3 Å². The summed E-state index contributed by atoms with van der Waals surface area (Å²) in [5.41, 5.74) is 4.82. The van der Waals surface area contributed by atoms with Crippen LogP contribution in [-0.4, -0.2) is 14.6 Å². The molecule has 0 fully saturated rings. The van der Waals surface area contributed by atoms with Gasteiger partial charge in [0.2, 0.25) is 0 Å². The molecule has 0 spiro atoms. The number of fused-ring (bicyclic) bond motifs is 1. The number of benzene rings is 1. The second-order valence-corrected chi connectivity index (χ2v) is 5.89. The number of rotatable bonds is 2. The van der Waals surface area contributed by atoms with Crippen LogP contribution >= 0.6 is 11.3 Å². The number of aromatic nitrogens is 3. The summed E-state index contributed by atoms with van der Waals surface area (Å²) >= 11 is 1.58. The maximum Gasteiger partial charge on any atom is 0.128 e. The van der Waals surface area contributed by atoms with Crippen molar-refractivity contribution < 1.29 is 4.39 Å². The molecule has 108 valence electrons. The van der Waals surface area contributed by atoms with Crippen LogP contribution in [0.5, 0.6) is 0 Å². The minimum atomic E-state index is -0.238. The van der Waals surface area contributed by atoms with Gasteiger partial charge in [-0.2, -0.15) is 5.10 Å². The summed E-state index contributed by atoms with van der Waals surface area (Å²) in [6.07, 6.45) is 1.93. The maximum atomic E-state index is 13.0. The van der Waals surface area contributed by atoms with Crippen molar-refractivity contribution in [2.75, 3.05) is 0 Å². The Morgan fingerprint density at radius 1 is 1.09 bits per heavy atom. The lowest BCUT2D eigenvalue weighted by molar-refractivity contribution is 0.628. The van der Waals surface area contributed by atoms with Crippen molar-refractivity contribution in [2.24, 2.45) is 0 Å². The van der Waals surface area contributed by atoms with E-state index in [1.54, 1.807) is 23.5 Å². The Morgan fingerprint density at radius 3 is 2.73 bits per heavy atom. The summed E-state index contributed by atoms with van der Waals surface area (Å²) in [6, 6.07) is 12.4. The molecule has 0 saturated heterocycles. The molecule has 0 bridgehead atoms. The van der Waals surface area contributed by atoms with Gasteiger partial charge in [-0.3, -0.25) is 0 Å². The Hall–Kier alpha value is -2.53. The number of aryl methyl sites for hydroxylation is 1. The van der Waals surface area contributed by atoms with E-state index in [9.17, 15) is 4.39 Å². The molecule has 1 aromatic carbocycles. The summed E-state index contributed by atoms with van der Waals surface area (Å²) < 4.78 is 14.9. The van der Waals surface area contributed by atoms with Crippen LogP contribution in [0.25, 0.3) is 27.3 Å². The van der Waals surface area contributed by atoms with Gasteiger partial charge < -0.3 is 0 Å². The Kier molecular flexibility index (Phi) is 3.01. The number of thiazole rings is 1. The fourth-order valence-corrected chi connectivity index (χ4v) is 3.46. The van der Waals surface area contributed by atoms with E-state index in [1.165, 1.54) is 12.1 Å². The van der Waals surface area contributed by atoms with E-state index in [-0.39, 0.29) is 5.82 Å². The highest BCUT2D eigenvalue weighted by Crippen LogP contribution is 2.33. The van der Waals surface area contributed by atoms with Crippen molar-refractivity contribution in [3.05, 3.63) is 65.6 Å². The maximum absolute atomic E-state index is 13.0. The molecular formula is C17H12FN3S. The highest BCUT2D eigenvalue weighted by Gasteiger charge is 2.15. The number of hydrogen-bond donors (Lipinski definition) is 0. The highest BCUT2D eigenvalue weighted by atomic mass is 32.1. The minimum absolute atomic E-state index is 0.238. The van der Waals surface area contributed by atoms with E-state index >= 15 is 0 Å². The summed E-state index contributed by atoms with van der Waals surface area (Å²) in [7, 11) is 0. The lowest BCUT2D eigenvalue weighted by Crippen LogP contribution is -1.83. The molecule has 4 aromatic rings. The largest absolute Gasteiger partial charge is 0.240 e. The Morgan fingerprint density at radius 2 is 1.91 bits per heavy atom. The van der Waals surface area contributed by atoms with Crippen molar-refractivity contribution in [3.63, 3.8) is 0 Å². The molecule has 22 heavy (non-hydrogen) atoms. The van der Waals surface area contributed by atoms with Gasteiger partial charge in [-0.1, -0.05) is 6.07 Å². The van der Waals surface area contributed by atoms with Crippen molar-refractivity contribution in [3.8, 4) is 21.8 Å². The van der Waals surface area contributed by atoms with E-state index in [0.29, 0.717) is 0 Å². The standard InChI is InChI=1S/C17H12FN3S/c1-11-16(15-4-2-3-9-21(15)20-11)17-19-14(10-22-17)12-5-7-13(18)8-6-12/h2-10H,1H3. The van der Waals surface area contributed by atoms with E-state index in [2.05, 4.69) is 5.10 Å². The molecule has 3 aromatic heterocycles. The zero-order chi connectivity index (χ0) is 15.1. The SMILES string of the molecule is Cc1nn2ccccc2c1-c1nc(-c2ccc(F)cc2)cs1. The van der Waals surface area contributed by atoms with Crippen LogP contribution in [0.4, 0.5) is 4.39 Å². The third-order valence-corrected chi connectivity index (χ3v) is 4.43. The first-order chi connectivity index (χ1) is 10.7. The van der Waals surface area contributed by atoms with E-state index in [4.69, 9.17) is 4.98 Å². The Balaban J connectivity index is 1.83. The van der Waals surface area contributed by atoms with Crippen LogP contribution < -0.4 is 0 Å². The molecule has 5 heteroatoms. The second kappa shape index (κ2) is 5.03. The first kappa shape index (κ1) is 13.2. The first-order valence-electron chi connectivity index (χ1n) is 6.88. The molecule has 0 aliphatic rings. The van der Waals surface area contributed by atoms with Crippen molar-refractivity contribution in [2.45, 2.75) is 6.92 Å². The monoisotopic (exact) mass is 309 g/mol. The normalized spacial score (nSPS) is 11.2. The molecule has 0 radical (unpaired) electrons. The van der Waals surface area contributed by atoms with Gasteiger partial charge >= 0.3 is 0 Å². The molecule has 0 N–H and O–H groups in total. The van der Waals surface area contributed by atoms with Crippen LogP contribution in [0.3, 0.4) is 0 Å². The average Bonchev–Trinajstić information content (AvgIpc) is 3.11. The van der Waals surface area contributed by atoms with Gasteiger partial charge in [0, 0.05) is 17.1 Å². The Bertz CT molecular complexity index is 954. The lowest BCUT2D eigenvalue weighted by Gasteiger charge is -1.97. The molecule has 0 aliphatic carbocycles. The average molecular weight is 309 g/mol. The smallest absolute Gasteiger partial charge is 0.128 e. The second-order valence-electron chi connectivity index (χ2n) is 5.04. The summed E-state index contributed by atoms with van der Waals surface area (Å²) in [5.74, 6) is -0.238. The molecule has 0 atom stereocenters. The third-order valence-electron chi connectivity index (χ3n) is 3.57. The molecular weight excluding hydrogens is 297 g/mol. The fraction of sp³-hybridized carbons (Fsp3) is 0.0588. The molecule has 3 nitrogen and oxygen atoms in total.